The lowest BCUT2D eigenvalue weighted by Gasteiger charge is -2.09. The highest BCUT2D eigenvalue weighted by molar-refractivity contribution is 9.10. The first-order valence-corrected chi connectivity index (χ1v) is 8.58. The Morgan fingerprint density at radius 1 is 1.04 bits per heavy atom. The third-order valence-electron chi connectivity index (χ3n) is 3.17. The number of nitrogens with one attached hydrogen (secondary N) is 1. The number of rotatable bonds is 9. The lowest BCUT2D eigenvalue weighted by Crippen LogP contribution is -2.13. The molecule has 3 N–H and O–H groups in total. The smallest absolute Gasteiger partial charge is 0.224 e. The molecule has 0 spiro atoms. The zero-order chi connectivity index (χ0) is 17.2. The molecule has 0 saturated carbocycles. The van der Waals surface area contributed by atoms with Crippen LogP contribution in [0.1, 0.15) is 12.8 Å². The van der Waals surface area contributed by atoms with Crippen LogP contribution in [0.25, 0.3) is 0 Å². The molecule has 0 radical (unpaired) electrons. The zero-order valence-corrected chi connectivity index (χ0v) is 14.9. The fraction of sp³-hybridized carbons (Fsp3) is 0.278. The van der Waals surface area contributed by atoms with Gasteiger partial charge in [0, 0.05) is 18.7 Å². The average molecular weight is 393 g/mol. The fourth-order valence-electron chi connectivity index (χ4n) is 2.01. The summed E-state index contributed by atoms with van der Waals surface area (Å²) in [5.74, 6) is 1.48. The predicted molar refractivity (Wildman–Crippen MR) is 98.5 cm³/mol. The van der Waals surface area contributed by atoms with Gasteiger partial charge in [0.25, 0.3) is 0 Å². The van der Waals surface area contributed by atoms with Gasteiger partial charge in [0.15, 0.2) is 0 Å². The molecule has 0 saturated heterocycles. The van der Waals surface area contributed by atoms with Crippen LogP contribution < -0.4 is 20.5 Å². The van der Waals surface area contributed by atoms with Gasteiger partial charge in [0.05, 0.1) is 11.1 Å². The van der Waals surface area contributed by atoms with Crippen LogP contribution in [0, 0.1) is 0 Å². The Hall–Kier alpha value is -2.05. The fourth-order valence-corrected chi connectivity index (χ4v) is 2.41. The van der Waals surface area contributed by atoms with E-state index in [1.807, 2.05) is 24.3 Å². The van der Waals surface area contributed by atoms with E-state index in [1.165, 1.54) is 0 Å². The topological polar surface area (TPSA) is 73.6 Å². The molecule has 1 amide bonds. The van der Waals surface area contributed by atoms with Gasteiger partial charge in [-0.1, -0.05) is 12.1 Å². The summed E-state index contributed by atoms with van der Waals surface area (Å²) in [7, 11) is 0. The predicted octanol–water partition coefficient (Wildman–Crippen LogP) is 3.58. The molecule has 128 valence electrons. The maximum atomic E-state index is 11.9. The SMILES string of the molecule is NCCOc1ccc(NC(=O)CCCOc2ccccc2Br)cc1. The van der Waals surface area contributed by atoms with Gasteiger partial charge in [-0.15, -0.1) is 0 Å². The van der Waals surface area contributed by atoms with Crippen LogP contribution in [0.2, 0.25) is 0 Å². The maximum Gasteiger partial charge on any atom is 0.224 e. The number of carbonyl (C=O) groups is 1. The Morgan fingerprint density at radius 2 is 1.79 bits per heavy atom. The number of halogens is 1. The second-order valence-corrected chi connectivity index (χ2v) is 5.95. The van der Waals surface area contributed by atoms with E-state index in [1.54, 1.807) is 24.3 Å². The number of hydrogen-bond donors (Lipinski definition) is 2. The van der Waals surface area contributed by atoms with Gasteiger partial charge in [-0.25, -0.2) is 0 Å². The molecule has 0 atom stereocenters. The average Bonchev–Trinajstić information content (AvgIpc) is 2.59. The summed E-state index contributed by atoms with van der Waals surface area (Å²) in [5.41, 5.74) is 6.12. The second-order valence-electron chi connectivity index (χ2n) is 5.09. The number of amides is 1. The van der Waals surface area contributed by atoms with Crippen molar-refractivity contribution in [3.63, 3.8) is 0 Å². The Kier molecular flexibility index (Phi) is 7.58. The molecule has 6 heteroatoms. The van der Waals surface area contributed by atoms with Crippen LogP contribution in [0.5, 0.6) is 11.5 Å². The Labute approximate surface area is 150 Å². The summed E-state index contributed by atoms with van der Waals surface area (Å²) < 4.78 is 11.9. The molecule has 0 aromatic heterocycles. The van der Waals surface area contributed by atoms with Gasteiger partial charge in [-0.05, 0) is 58.7 Å². The van der Waals surface area contributed by atoms with Crippen molar-refractivity contribution in [2.24, 2.45) is 5.73 Å². The molecule has 0 aliphatic heterocycles. The number of hydrogen-bond acceptors (Lipinski definition) is 4. The molecule has 2 rings (SSSR count). The van der Waals surface area contributed by atoms with Gasteiger partial charge in [-0.3, -0.25) is 4.79 Å². The number of carbonyl (C=O) groups excluding carboxylic acids is 1. The number of nitrogens with two attached hydrogens (primary N) is 1. The molecule has 0 aliphatic carbocycles. The van der Waals surface area contributed by atoms with Crippen LogP contribution in [-0.4, -0.2) is 25.7 Å². The molecule has 0 aliphatic rings. The molecule has 5 nitrogen and oxygen atoms in total. The van der Waals surface area contributed by atoms with Crippen molar-refractivity contribution < 1.29 is 14.3 Å². The molecule has 2 aromatic rings. The highest BCUT2D eigenvalue weighted by atomic mass is 79.9. The van der Waals surface area contributed by atoms with Crippen molar-refractivity contribution in [3.8, 4) is 11.5 Å². The van der Waals surface area contributed by atoms with Gasteiger partial charge in [-0.2, -0.15) is 0 Å². The Morgan fingerprint density at radius 3 is 2.50 bits per heavy atom. The van der Waals surface area contributed by atoms with Gasteiger partial charge < -0.3 is 20.5 Å². The van der Waals surface area contributed by atoms with E-state index < -0.39 is 0 Å². The van der Waals surface area contributed by atoms with Crippen LogP contribution >= 0.6 is 15.9 Å². The van der Waals surface area contributed by atoms with E-state index >= 15 is 0 Å². The summed E-state index contributed by atoms with van der Waals surface area (Å²) in [6, 6.07) is 14.9. The summed E-state index contributed by atoms with van der Waals surface area (Å²) in [5, 5.41) is 2.85. The largest absolute Gasteiger partial charge is 0.492 e. The lowest BCUT2D eigenvalue weighted by atomic mass is 10.2. The molecule has 0 heterocycles. The normalized spacial score (nSPS) is 10.2. The molecule has 0 fully saturated rings. The minimum absolute atomic E-state index is 0.0404. The second kappa shape index (κ2) is 9.95. The van der Waals surface area contributed by atoms with Crippen LogP contribution in [0.4, 0.5) is 5.69 Å². The van der Waals surface area contributed by atoms with Crippen molar-refractivity contribution >= 4 is 27.5 Å². The highest BCUT2D eigenvalue weighted by Crippen LogP contribution is 2.23. The van der Waals surface area contributed by atoms with Gasteiger partial charge >= 0.3 is 0 Å². The van der Waals surface area contributed by atoms with Crippen LogP contribution in [0.3, 0.4) is 0 Å². The monoisotopic (exact) mass is 392 g/mol. The van der Waals surface area contributed by atoms with Crippen molar-refractivity contribution in [1.82, 2.24) is 0 Å². The lowest BCUT2D eigenvalue weighted by molar-refractivity contribution is -0.116. The van der Waals surface area contributed by atoms with Crippen molar-refractivity contribution in [1.29, 1.82) is 0 Å². The summed E-state index contributed by atoms with van der Waals surface area (Å²) in [6.45, 7) is 1.44. The Bertz CT molecular complexity index is 647. The van der Waals surface area contributed by atoms with Crippen LogP contribution in [0.15, 0.2) is 53.0 Å². The van der Waals surface area contributed by atoms with E-state index in [-0.39, 0.29) is 5.91 Å². The molecular weight excluding hydrogens is 372 g/mol. The third kappa shape index (κ3) is 6.22. The standard InChI is InChI=1S/C18H21BrN2O3/c19-16-4-1-2-5-17(16)24-12-3-6-18(22)21-14-7-9-15(10-8-14)23-13-11-20/h1-2,4-5,7-10H,3,6,11-13,20H2,(H,21,22). The van der Waals surface area contributed by atoms with Gasteiger partial charge in [0.1, 0.15) is 18.1 Å². The maximum absolute atomic E-state index is 11.9. The third-order valence-corrected chi connectivity index (χ3v) is 3.82. The van der Waals surface area contributed by atoms with E-state index in [9.17, 15) is 4.79 Å². The first-order valence-electron chi connectivity index (χ1n) is 7.79. The molecule has 2 aromatic carbocycles. The number of anilines is 1. The van der Waals surface area contributed by atoms with Crippen molar-refractivity contribution in [3.05, 3.63) is 53.0 Å². The number of para-hydroxylation sites is 1. The zero-order valence-electron chi connectivity index (χ0n) is 13.3. The molecule has 24 heavy (non-hydrogen) atoms. The molecule has 0 unspecified atom stereocenters. The van der Waals surface area contributed by atoms with Crippen molar-refractivity contribution in [2.45, 2.75) is 12.8 Å². The van der Waals surface area contributed by atoms with E-state index in [2.05, 4.69) is 21.2 Å². The summed E-state index contributed by atoms with van der Waals surface area (Å²) in [6.07, 6.45) is 1.04. The first kappa shape index (κ1) is 18.3. The molecule has 0 bridgehead atoms. The minimum Gasteiger partial charge on any atom is -0.492 e. The first-order chi connectivity index (χ1) is 11.7. The highest BCUT2D eigenvalue weighted by Gasteiger charge is 2.04. The summed E-state index contributed by atoms with van der Waals surface area (Å²) in [4.78, 5) is 11.9. The number of benzene rings is 2. The van der Waals surface area contributed by atoms with Crippen molar-refractivity contribution in [2.75, 3.05) is 25.1 Å². The van der Waals surface area contributed by atoms with E-state index in [0.717, 1.165) is 21.7 Å². The van der Waals surface area contributed by atoms with E-state index in [0.29, 0.717) is 32.6 Å². The number of ether oxygens (including phenoxy) is 2. The van der Waals surface area contributed by atoms with Crippen LogP contribution in [-0.2, 0) is 4.79 Å². The van der Waals surface area contributed by atoms with E-state index in [4.69, 9.17) is 15.2 Å². The quantitative estimate of drug-likeness (QED) is 0.639. The molecular formula is C18H21BrN2O3. The minimum atomic E-state index is -0.0404. The summed E-state index contributed by atoms with van der Waals surface area (Å²) >= 11 is 3.42. The van der Waals surface area contributed by atoms with Gasteiger partial charge in [0.2, 0.25) is 5.91 Å². The Balaban J connectivity index is 1.68.